The topological polar surface area (TPSA) is 94.1 Å². The molecular formula is C12H19N5O2. The lowest BCUT2D eigenvalue weighted by Gasteiger charge is -2.40. The zero-order valence-corrected chi connectivity index (χ0v) is 11.1. The Bertz CT molecular complexity index is 459. The summed E-state index contributed by atoms with van der Waals surface area (Å²) in [6.07, 6.45) is 5.40. The summed E-state index contributed by atoms with van der Waals surface area (Å²) in [6.45, 7) is 3.17. The number of amides is 2. The average Bonchev–Trinajstić information content (AvgIpc) is 2.91. The van der Waals surface area contributed by atoms with Gasteiger partial charge in [0.1, 0.15) is 6.54 Å². The molecule has 1 aliphatic rings. The van der Waals surface area contributed by atoms with Crippen molar-refractivity contribution in [2.75, 3.05) is 13.1 Å². The lowest BCUT2D eigenvalue weighted by molar-refractivity contribution is -0.140. The van der Waals surface area contributed by atoms with E-state index in [0.717, 1.165) is 12.8 Å². The van der Waals surface area contributed by atoms with Gasteiger partial charge in [-0.25, -0.2) is 4.68 Å². The molecule has 0 radical (unpaired) electrons. The third kappa shape index (κ3) is 2.74. The average molecular weight is 265 g/mol. The number of primary amides is 1. The number of carbonyl (C=O) groups is 2. The molecule has 2 heterocycles. The van der Waals surface area contributed by atoms with Gasteiger partial charge in [0.15, 0.2) is 0 Å². The van der Waals surface area contributed by atoms with Crippen LogP contribution in [0.2, 0.25) is 0 Å². The van der Waals surface area contributed by atoms with Gasteiger partial charge in [-0.2, -0.15) is 0 Å². The molecular weight excluding hydrogens is 246 g/mol. The molecule has 0 aliphatic carbocycles. The van der Waals surface area contributed by atoms with Crippen molar-refractivity contribution in [3.05, 3.63) is 12.4 Å². The summed E-state index contributed by atoms with van der Waals surface area (Å²) in [4.78, 5) is 25.5. The molecule has 1 aromatic heterocycles. The van der Waals surface area contributed by atoms with Crippen LogP contribution >= 0.6 is 0 Å². The zero-order valence-electron chi connectivity index (χ0n) is 11.1. The normalized spacial score (nSPS) is 23.3. The molecule has 1 aliphatic heterocycles. The number of nitrogens with two attached hydrogens (primary N) is 1. The van der Waals surface area contributed by atoms with Gasteiger partial charge in [-0.1, -0.05) is 12.1 Å². The second-order valence-electron chi connectivity index (χ2n) is 5.02. The van der Waals surface area contributed by atoms with Gasteiger partial charge in [0.2, 0.25) is 11.8 Å². The summed E-state index contributed by atoms with van der Waals surface area (Å²) in [5, 5.41) is 7.43. The van der Waals surface area contributed by atoms with E-state index in [9.17, 15) is 9.59 Å². The third-order valence-corrected chi connectivity index (χ3v) is 3.90. The number of hydrogen-bond acceptors (Lipinski definition) is 4. The summed E-state index contributed by atoms with van der Waals surface area (Å²) in [6, 6.07) is 0. The number of nitrogens with zero attached hydrogens (tertiary/aromatic N) is 4. The quantitative estimate of drug-likeness (QED) is 0.814. The molecule has 1 aromatic rings. The van der Waals surface area contributed by atoms with E-state index in [2.05, 4.69) is 10.3 Å². The van der Waals surface area contributed by atoms with Crippen molar-refractivity contribution in [2.24, 2.45) is 11.1 Å². The van der Waals surface area contributed by atoms with Crippen LogP contribution in [0.5, 0.6) is 0 Å². The second-order valence-corrected chi connectivity index (χ2v) is 5.02. The minimum atomic E-state index is -0.573. The Morgan fingerprint density at radius 2 is 2.26 bits per heavy atom. The van der Waals surface area contributed by atoms with E-state index < -0.39 is 5.41 Å². The fourth-order valence-electron chi connectivity index (χ4n) is 2.56. The fraction of sp³-hybridized carbons (Fsp3) is 0.667. The summed E-state index contributed by atoms with van der Waals surface area (Å²) < 4.78 is 1.48. The van der Waals surface area contributed by atoms with Crippen LogP contribution in [-0.4, -0.2) is 44.8 Å². The maximum atomic E-state index is 12.2. The number of rotatable bonds is 4. The number of carbonyl (C=O) groups excluding carboxylic acids is 2. The highest BCUT2D eigenvalue weighted by atomic mass is 16.2. The molecule has 2 amide bonds. The van der Waals surface area contributed by atoms with Gasteiger partial charge in [-0.05, 0) is 19.3 Å². The minimum Gasteiger partial charge on any atom is -0.369 e. The highest BCUT2D eigenvalue weighted by Crippen LogP contribution is 2.33. The Morgan fingerprint density at radius 3 is 2.84 bits per heavy atom. The van der Waals surface area contributed by atoms with E-state index in [1.807, 2.05) is 6.92 Å². The van der Waals surface area contributed by atoms with Crippen LogP contribution in [0.15, 0.2) is 12.4 Å². The summed E-state index contributed by atoms with van der Waals surface area (Å²) in [5.74, 6) is -0.363. The monoisotopic (exact) mass is 265 g/mol. The molecule has 0 spiro atoms. The minimum absolute atomic E-state index is 0.0516. The first kappa shape index (κ1) is 13.5. The van der Waals surface area contributed by atoms with Gasteiger partial charge < -0.3 is 10.6 Å². The van der Waals surface area contributed by atoms with Crippen molar-refractivity contribution in [2.45, 2.75) is 32.7 Å². The van der Waals surface area contributed by atoms with Crippen molar-refractivity contribution < 1.29 is 9.59 Å². The van der Waals surface area contributed by atoms with Crippen LogP contribution in [0.4, 0.5) is 0 Å². The fourth-order valence-corrected chi connectivity index (χ4v) is 2.56. The zero-order chi connectivity index (χ0) is 13.9. The molecule has 1 saturated heterocycles. The molecule has 19 heavy (non-hydrogen) atoms. The summed E-state index contributed by atoms with van der Waals surface area (Å²) in [5.41, 5.74) is 4.93. The lowest BCUT2D eigenvalue weighted by atomic mass is 9.77. The molecule has 104 valence electrons. The second kappa shape index (κ2) is 5.38. The van der Waals surface area contributed by atoms with Gasteiger partial charge in [0.25, 0.3) is 0 Å². The summed E-state index contributed by atoms with van der Waals surface area (Å²) in [7, 11) is 0. The summed E-state index contributed by atoms with van der Waals surface area (Å²) >= 11 is 0. The molecule has 1 fully saturated rings. The molecule has 0 aromatic carbocycles. The Labute approximate surface area is 111 Å². The van der Waals surface area contributed by atoms with E-state index in [1.54, 1.807) is 11.1 Å². The Kier molecular flexibility index (Phi) is 3.82. The van der Waals surface area contributed by atoms with Crippen molar-refractivity contribution in [1.82, 2.24) is 19.9 Å². The van der Waals surface area contributed by atoms with Crippen molar-refractivity contribution in [3.8, 4) is 0 Å². The SMILES string of the molecule is CC[C@@]1(C(N)=O)CCCN(C(=O)Cn2ccnn2)C1. The van der Waals surface area contributed by atoms with Gasteiger partial charge >= 0.3 is 0 Å². The molecule has 7 nitrogen and oxygen atoms in total. The Morgan fingerprint density at radius 1 is 1.47 bits per heavy atom. The third-order valence-electron chi connectivity index (χ3n) is 3.90. The first-order valence-corrected chi connectivity index (χ1v) is 6.49. The van der Waals surface area contributed by atoms with Crippen LogP contribution in [0, 0.1) is 5.41 Å². The van der Waals surface area contributed by atoms with Crippen LogP contribution in [0.3, 0.4) is 0 Å². The number of aromatic nitrogens is 3. The van der Waals surface area contributed by atoms with Crippen LogP contribution in [-0.2, 0) is 16.1 Å². The smallest absolute Gasteiger partial charge is 0.244 e. The lowest BCUT2D eigenvalue weighted by Crippen LogP contribution is -2.52. The first-order valence-electron chi connectivity index (χ1n) is 6.49. The van der Waals surface area contributed by atoms with Gasteiger partial charge in [0.05, 0.1) is 11.6 Å². The largest absolute Gasteiger partial charge is 0.369 e. The predicted molar refractivity (Wildman–Crippen MR) is 67.8 cm³/mol. The molecule has 0 saturated carbocycles. The van der Waals surface area contributed by atoms with E-state index in [1.165, 1.54) is 10.9 Å². The first-order chi connectivity index (χ1) is 9.07. The van der Waals surface area contributed by atoms with E-state index in [0.29, 0.717) is 19.5 Å². The highest BCUT2D eigenvalue weighted by Gasteiger charge is 2.40. The molecule has 0 bridgehead atoms. The van der Waals surface area contributed by atoms with E-state index in [4.69, 9.17) is 5.73 Å². The standard InChI is InChI=1S/C12H19N5O2/c1-2-12(11(13)19)4-3-6-16(9-12)10(18)8-17-7-5-14-15-17/h5,7H,2-4,6,8-9H2,1H3,(H2,13,19)/t12-/m1/s1. The van der Waals surface area contributed by atoms with Gasteiger partial charge in [0, 0.05) is 19.3 Å². The molecule has 7 heteroatoms. The maximum Gasteiger partial charge on any atom is 0.244 e. The number of piperidine rings is 1. The number of hydrogen-bond donors (Lipinski definition) is 1. The molecule has 0 unspecified atom stereocenters. The molecule has 2 N–H and O–H groups in total. The van der Waals surface area contributed by atoms with Gasteiger partial charge in [-0.15, -0.1) is 5.10 Å². The van der Waals surface area contributed by atoms with Crippen molar-refractivity contribution in [1.29, 1.82) is 0 Å². The molecule has 2 rings (SSSR count). The van der Waals surface area contributed by atoms with Crippen LogP contribution < -0.4 is 5.73 Å². The predicted octanol–water partition coefficient (Wildman–Crippen LogP) is -0.218. The van der Waals surface area contributed by atoms with E-state index in [-0.39, 0.29) is 18.4 Å². The van der Waals surface area contributed by atoms with Crippen LogP contribution in [0.1, 0.15) is 26.2 Å². The van der Waals surface area contributed by atoms with Crippen LogP contribution in [0.25, 0.3) is 0 Å². The highest BCUT2D eigenvalue weighted by molar-refractivity contribution is 5.83. The Hall–Kier alpha value is -1.92. The maximum absolute atomic E-state index is 12.2. The van der Waals surface area contributed by atoms with Crippen molar-refractivity contribution >= 4 is 11.8 Å². The number of likely N-dealkylation sites (tertiary alicyclic amines) is 1. The van der Waals surface area contributed by atoms with Gasteiger partial charge in [-0.3, -0.25) is 9.59 Å². The van der Waals surface area contributed by atoms with Crippen molar-refractivity contribution in [3.63, 3.8) is 0 Å². The van der Waals surface area contributed by atoms with E-state index >= 15 is 0 Å². The molecule has 1 atom stereocenters. The Balaban J connectivity index is 2.04.